The topological polar surface area (TPSA) is 23.4 Å². The van der Waals surface area contributed by atoms with Crippen molar-refractivity contribution < 1.29 is 9.31 Å². The number of aryl methyl sites for hydroxylation is 3. The van der Waals surface area contributed by atoms with E-state index in [1.165, 1.54) is 22.0 Å². The molecule has 1 aliphatic heterocycles. The van der Waals surface area contributed by atoms with E-state index >= 15 is 0 Å². The summed E-state index contributed by atoms with van der Waals surface area (Å²) in [6.45, 7) is 12.6. The number of hydrogen-bond donors (Lipinski definition) is 0. The summed E-state index contributed by atoms with van der Waals surface area (Å²) in [5.74, 6) is 0. The van der Waals surface area contributed by atoms with Crippen LogP contribution in [0.4, 0.5) is 0 Å². The van der Waals surface area contributed by atoms with Gasteiger partial charge in [-0.3, -0.25) is 0 Å². The van der Waals surface area contributed by atoms with Crippen LogP contribution in [-0.4, -0.2) is 22.9 Å². The third-order valence-corrected chi connectivity index (χ3v) is 5.19. The zero-order valence-electron chi connectivity index (χ0n) is 14.1. The molecule has 0 atom stereocenters. The Balaban J connectivity index is 2.09. The maximum atomic E-state index is 6.18. The van der Waals surface area contributed by atoms with Crippen LogP contribution < -0.4 is 5.59 Å². The summed E-state index contributed by atoms with van der Waals surface area (Å²) in [6, 6.07) is 6.66. The van der Waals surface area contributed by atoms with Crippen LogP contribution in [0.2, 0.25) is 0 Å². The lowest BCUT2D eigenvalue weighted by Crippen LogP contribution is -2.41. The van der Waals surface area contributed by atoms with Gasteiger partial charge in [-0.1, -0.05) is 0 Å². The highest BCUT2D eigenvalue weighted by atomic mass is 16.7. The molecular formula is C17H24BNO2. The number of benzene rings is 1. The normalized spacial score (nSPS) is 20.4. The van der Waals surface area contributed by atoms with Gasteiger partial charge in [-0.05, 0) is 76.3 Å². The molecule has 1 aliphatic rings. The van der Waals surface area contributed by atoms with Crippen molar-refractivity contribution in [1.82, 2.24) is 4.57 Å². The van der Waals surface area contributed by atoms with E-state index in [1.807, 2.05) is 0 Å². The van der Waals surface area contributed by atoms with Crippen molar-refractivity contribution in [3.05, 3.63) is 29.3 Å². The lowest BCUT2D eigenvalue weighted by atomic mass is 9.84. The summed E-state index contributed by atoms with van der Waals surface area (Å²) in [4.78, 5) is 0. The Bertz CT molecular complexity index is 699. The summed E-state index contributed by atoms with van der Waals surface area (Å²) in [5, 5.41) is 1.24. The average molecular weight is 285 g/mol. The summed E-state index contributed by atoms with van der Waals surface area (Å²) >= 11 is 0. The maximum absolute atomic E-state index is 6.18. The molecule has 0 bridgehead atoms. The predicted molar refractivity (Wildman–Crippen MR) is 88.1 cm³/mol. The van der Waals surface area contributed by atoms with E-state index in [-0.39, 0.29) is 18.3 Å². The van der Waals surface area contributed by atoms with E-state index in [2.05, 4.69) is 71.4 Å². The summed E-state index contributed by atoms with van der Waals surface area (Å²) in [7, 11) is 1.77. The van der Waals surface area contributed by atoms with Crippen molar-refractivity contribution in [3.63, 3.8) is 0 Å². The minimum atomic E-state index is -0.312. The molecule has 3 rings (SSSR count). The molecule has 0 spiro atoms. The number of hydrogen-bond acceptors (Lipinski definition) is 2. The van der Waals surface area contributed by atoms with E-state index < -0.39 is 0 Å². The first-order valence-electron chi connectivity index (χ1n) is 7.54. The van der Waals surface area contributed by atoms with Gasteiger partial charge in [0.25, 0.3) is 0 Å². The minimum Gasteiger partial charge on any atom is -0.398 e. The monoisotopic (exact) mass is 285 g/mol. The zero-order valence-corrected chi connectivity index (χ0v) is 14.1. The molecule has 21 heavy (non-hydrogen) atoms. The van der Waals surface area contributed by atoms with Gasteiger partial charge in [0.2, 0.25) is 0 Å². The van der Waals surface area contributed by atoms with Gasteiger partial charge in [-0.2, -0.15) is 0 Å². The molecule has 2 aromatic rings. The van der Waals surface area contributed by atoms with Gasteiger partial charge in [-0.25, -0.2) is 0 Å². The van der Waals surface area contributed by atoms with E-state index in [1.54, 1.807) is 0 Å². The molecule has 0 amide bonds. The van der Waals surface area contributed by atoms with Gasteiger partial charge in [0.15, 0.2) is 0 Å². The molecule has 3 nitrogen and oxygen atoms in total. The Labute approximate surface area is 127 Å². The van der Waals surface area contributed by atoms with Gasteiger partial charge in [-0.15, -0.1) is 0 Å². The Kier molecular flexibility index (Phi) is 3.05. The SMILES string of the molecule is Cc1cc2cc(B3OC(C)(C)C(C)(C)O3)n(C)c2cc1C. The third-order valence-electron chi connectivity index (χ3n) is 5.19. The van der Waals surface area contributed by atoms with E-state index in [9.17, 15) is 0 Å². The number of fused-ring (bicyclic) bond motifs is 1. The highest BCUT2D eigenvalue weighted by Gasteiger charge is 2.52. The van der Waals surface area contributed by atoms with Gasteiger partial charge in [0.05, 0.1) is 11.2 Å². The second kappa shape index (κ2) is 4.37. The van der Waals surface area contributed by atoms with Gasteiger partial charge in [0, 0.05) is 18.2 Å². The fourth-order valence-electron chi connectivity index (χ4n) is 2.81. The number of rotatable bonds is 1. The lowest BCUT2D eigenvalue weighted by Gasteiger charge is -2.32. The number of aromatic nitrogens is 1. The van der Waals surface area contributed by atoms with Crippen LogP contribution in [0.3, 0.4) is 0 Å². The molecular weight excluding hydrogens is 261 g/mol. The number of nitrogens with zero attached hydrogens (tertiary/aromatic N) is 1. The molecule has 0 unspecified atom stereocenters. The molecule has 0 N–H and O–H groups in total. The smallest absolute Gasteiger partial charge is 0.398 e. The molecule has 2 heterocycles. The molecule has 1 saturated heterocycles. The second-order valence-electron chi connectivity index (χ2n) is 7.21. The van der Waals surface area contributed by atoms with Crippen LogP contribution in [0, 0.1) is 13.8 Å². The average Bonchev–Trinajstić information content (AvgIpc) is 2.76. The first-order valence-corrected chi connectivity index (χ1v) is 7.54. The van der Waals surface area contributed by atoms with Crippen LogP contribution in [0.15, 0.2) is 18.2 Å². The van der Waals surface area contributed by atoms with Crippen molar-refractivity contribution in [2.45, 2.75) is 52.7 Å². The van der Waals surface area contributed by atoms with Crippen molar-refractivity contribution in [2.75, 3.05) is 0 Å². The Morgan fingerprint density at radius 2 is 1.43 bits per heavy atom. The molecule has 1 fully saturated rings. The van der Waals surface area contributed by atoms with Crippen LogP contribution in [0.25, 0.3) is 10.9 Å². The molecule has 1 aromatic heterocycles. The third kappa shape index (κ3) is 2.12. The van der Waals surface area contributed by atoms with E-state index in [4.69, 9.17) is 9.31 Å². The van der Waals surface area contributed by atoms with Gasteiger partial charge >= 0.3 is 7.12 Å². The largest absolute Gasteiger partial charge is 0.512 e. The summed E-state index contributed by atoms with van der Waals surface area (Å²) < 4.78 is 14.5. The molecule has 0 radical (unpaired) electrons. The van der Waals surface area contributed by atoms with Crippen molar-refractivity contribution in [3.8, 4) is 0 Å². The van der Waals surface area contributed by atoms with Gasteiger partial charge in [0.1, 0.15) is 0 Å². The zero-order chi connectivity index (χ0) is 15.6. The lowest BCUT2D eigenvalue weighted by molar-refractivity contribution is 0.00578. The molecule has 4 heteroatoms. The molecule has 1 aromatic carbocycles. The standard InChI is InChI=1S/C17H24BNO2/c1-11-8-13-10-15(19(7)14(13)9-12(11)2)18-20-16(3,4)17(5,6)21-18/h8-10H,1-7H3. The summed E-state index contributed by atoms with van der Waals surface area (Å²) in [6.07, 6.45) is 0. The fraction of sp³-hybridized carbons (Fsp3) is 0.529. The summed E-state index contributed by atoms with van der Waals surface area (Å²) in [5.41, 5.74) is 4.31. The first kappa shape index (κ1) is 14.7. The highest BCUT2D eigenvalue weighted by molar-refractivity contribution is 6.61. The van der Waals surface area contributed by atoms with Crippen LogP contribution >= 0.6 is 0 Å². The minimum absolute atomic E-state index is 0.306. The van der Waals surface area contributed by atoms with E-state index in [0.717, 1.165) is 5.59 Å². The molecule has 112 valence electrons. The van der Waals surface area contributed by atoms with Crippen molar-refractivity contribution in [2.24, 2.45) is 7.05 Å². The maximum Gasteiger partial charge on any atom is 0.512 e. The molecule has 0 aliphatic carbocycles. The quantitative estimate of drug-likeness (QED) is 0.752. The van der Waals surface area contributed by atoms with E-state index in [0.29, 0.717) is 0 Å². The first-order chi connectivity index (χ1) is 9.62. The van der Waals surface area contributed by atoms with Crippen LogP contribution in [0.1, 0.15) is 38.8 Å². The fourth-order valence-corrected chi connectivity index (χ4v) is 2.81. The predicted octanol–water partition coefficient (Wildman–Crippen LogP) is 3.09. The Morgan fingerprint density at radius 1 is 0.905 bits per heavy atom. The molecule has 0 saturated carbocycles. The van der Waals surface area contributed by atoms with Crippen LogP contribution in [0.5, 0.6) is 0 Å². The highest BCUT2D eigenvalue weighted by Crippen LogP contribution is 2.36. The Morgan fingerprint density at radius 3 is 2.00 bits per heavy atom. The van der Waals surface area contributed by atoms with Crippen molar-refractivity contribution >= 4 is 23.6 Å². The van der Waals surface area contributed by atoms with Gasteiger partial charge < -0.3 is 13.9 Å². The second-order valence-corrected chi connectivity index (χ2v) is 7.21. The Hall–Kier alpha value is -1.26. The van der Waals surface area contributed by atoms with Crippen molar-refractivity contribution in [1.29, 1.82) is 0 Å². The van der Waals surface area contributed by atoms with Crippen LogP contribution in [-0.2, 0) is 16.4 Å².